The predicted octanol–water partition coefficient (Wildman–Crippen LogP) is 2.32. The van der Waals surface area contributed by atoms with Gasteiger partial charge in [0.15, 0.2) is 0 Å². The van der Waals surface area contributed by atoms with Crippen molar-refractivity contribution in [3.63, 3.8) is 0 Å². The van der Waals surface area contributed by atoms with Gasteiger partial charge in [0, 0.05) is 4.88 Å². The third-order valence-corrected chi connectivity index (χ3v) is 4.62. The van der Waals surface area contributed by atoms with Gasteiger partial charge in [-0.25, -0.2) is 4.98 Å². The average molecular weight is 268 g/mol. The first-order valence-electron chi connectivity index (χ1n) is 6.52. The Kier molecular flexibility index (Phi) is 4.35. The molecule has 1 N–H and O–H groups in total. The Hall–Kier alpha value is -0.940. The monoisotopic (exact) mass is 268 g/mol. The highest BCUT2D eigenvalue weighted by molar-refractivity contribution is 7.11. The minimum Gasteiger partial charge on any atom is -0.480 e. The van der Waals surface area contributed by atoms with Crippen LogP contribution < -0.4 is 0 Å². The molecule has 0 saturated heterocycles. The lowest BCUT2D eigenvalue weighted by molar-refractivity contribution is -0.143. The second kappa shape index (κ2) is 5.80. The van der Waals surface area contributed by atoms with Gasteiger partial charge in [-0.15, -0.1) is 11.3 Å². The van der Waals surface area contributed by atoms with E-state index in [1.807, 2.05) is 18.9 Å². The number of aromatic nitrogens is 1. The molecule has 0 aliphatic heterocycles. The number of thiazole rings is 1. The van der Waals surface area contributed by atoms with Crippen LogP contribution in [-0.4, -0.2) is 34.0 Å². The third-order valence-electron chi connectivity index (χ3n) is 3.48. The van der Waals surface area contributed by atoms with E-state index in [1.165, 1.54) is 23.4 Å². The maximum Gasteiger partial charge on any atom is 0.320 e. The van der Waals surface area contributed by atoms with Crippen molar-refractivity contribution in [1.29, 1.82) is 0 Å². The number of likely N-dealkylation sites (N-methyl/N-ethyl adjacent to an activating group) is 1. The number of nitrogens with zero attached hydrogens (tertiary/aromatic N) is 2. The fraction of sp³-hybridized carbons (Fsp3) is 0.692. The number of fused-ring (bicyclic) bond motifs is 1. The number of hydrogen-bond donors (Lipinski definition) is 1. The van der Waals surface area contributed by atoms with Crippen molar-refractivity contribution in [2.45, 2.75) is 51.6 Å². The highest BCUT2D eigenvalue weighted by Gasteiger charge is 2.22. The second-order valence-corrected chi connectivity index (χ2v) is 6.03. The Morgan fingerprint density at radius 3 is 2.83 bits per heavy atom. The van der Waals surface area contributed by atoms with Gasteiger partial charge >= 0.3 is 5.97 Å². The van der Waals surface area contributed by atoms with Gasteiger partial charge in [-0.2, -0.15) is 0 Å². The van der Waals surface area contributed by atoms with Crippen molar-refractivity contribution >= 4 is 17.3 Å². The van der Waals surface area contributed by atoms with E-state index in [-0.39, 0.29) is 0 Å². The third kappa shape index (κ3) is 2.90. The standard InChI is InChI=1S/C13H20N2O2S/c1-3-10(13(16)17)15(2)8-12-14-9-6-4-5-7-11(9)18-12/h10H,3-8H2,1-2H3,(H,16,17). The Morgan fingerprint density at radius 1 is 1.50 bits per heavy atom. The lowest BCUT2D eigenvalue weighted by Crippen LogP contribution is -2.37. The summed E-state index contributed by atoms with van der Waals surface area (Å²) in [6, 6.07) is -0.411. The first-order valence-corrected chi connectivity index (χ1v) is 7.34. The SMILES string of the molecule is CCC(C(=O)O)N(C)Cc1nc2c(s1)CCCC2. The molecule has 0 fully saturated rings. The Balaban J connectivity index is 2.04. The normalized spacial score (nSPS) is 16.6. The molecule has 1 aliphatic rings. The molecule has 2 rings (SSSR count). The zero-order chi connectivity index (χ0) is 13.1. The van der Waals surface area contributed by atoms with Crippen LogP contribution in [0.3, 0.4) is 0 Å². The number of carbonyl (C=O) groups is 1. The zero-order valence-corrected chi connectivity index (χ0v) is 11.8. The molecule has 0 spiro atoms. The van der Waals surface area contributed by atoms with Crippen molar-refractivity contribution in [2.24, 2.45) is 0 Å². The lowest BCUT2D eigenvalue weighted by atomic mass is 10.0. The van der Waals surface area contributed by atoms with Crippen molar-refractivity contribution in [3.05, 3.63) is 15.6 Å². The maximum atomic E-state index is 11.1. The summed E-state index contributed by atoms with van der Waals surface area (Å²) >= 11 is 1.76. The van der Waals surface area contributed by atoms with Crippen molar-refractivity contribution in [1.82, 2.24) is 9.88 Å². The minimum atomic E-state index is -0.749. The molecule has 1 heterocycles. The van der Waals surface area contributed by atoms with Crippen LogP contribution in [0.1, 0.15) is 41.8 Å². The summed E-state index contributed by atoms with van der Waals surface area (Å²) in [5.74, 6) is -0.749. The van der Waals surface area contributed by atoms with Crippen LogP contribution in [0.15, 0.2) is 0 Å². The quantitative estimate of drug-likeness (QED) is 0.890. The van der Waals surface area contributed by atoms with E-state index in [4.69, 9.17) is 5.11 Å². The van der Waals surface area contributed by atoms with Crippen LogP contribution in [0.2, 0.25) is 0 Å². The largest absolute Gasteiger partial charge is 0.480 e. The number of aliphatic carboxylic acids is 1. The van der Waals surface area contributed by atoms with Gasteiger partial charge in [0.05, 0.1) is 12.2 Å². The van der Waals surface area contributed by atoms with E-state index in [1.54, 1.807) is 11.3 Å². The fourth-order valence-electron chi connectivity index (χ4n) is 2.47. The molecule has 18 heavy (non-hydrogen) atoms. The summed E-state index contributed by atoms with van der Waals surface area (Å²) in [6.45, 7) is 2.55. The fourth-order valence-corrected chi connectivity index (χ4v) is 3.69. The van der Waals surface area contributed by atoms with Gasteiger partial charge < -0.3 is 5.11 Å². The van der Waals surface area contributed by atoms with Crippen molar-refractivity contribution < 1.29 is 9.90 Å². The number of carboxylic acid groups (broad SMARTS) is 1. The van der Waals surface area contributed by atoms with Crippen LogP contribution >= 0.6 is 11.3 Å². The molecule has 100 valence electrons. The van der Waals surface area contributed by atoms with Crippen LogP contribution in [0.4, 0.5) is 0 Å². The molecule has 0 radical (unpaired) electrons. The molecule has 1 unspecified atom stereocenters. The number of carboxylic acids is 1. The molecule has 0 amide bonds. The Labute approximate surface area is 112 Å². The molecule has 5 heteroatoms. The lowest BCUT2D eigenvalue weighted by Gasteiger charge is -2.22. The van der Waals surface area contributed by atoms with E-state index >= 15 is 0 Å². The summed E-state index contributed by atoms with van der Waals surface area (Å²) in [7, 11) is 1.86. The van der Waals surface area contributed by atoms with E-state index in [9.17, 15) is 4.79 Å². The number of hydrogen-bond acceptors (Lipinski definition) is 4. The summed E-state index contributed by atoms with van der Waals surface area (Å²) in [5.41, 5.74) is 1.25. The van der Waals surface area contributed by atoms with Gasteiger partial charge in [0.2, 0.25) is 0 Å². The van der Waals surface area contributed by atoms with Gasteiger partial charge in [0.25, 0.3) is 0 Å². The predicted molar refractivity (Wildman–Crippen MR) is 71.9 cm³/mol. The van der Waals surface area contributed by atoms with E-state index in [2.05, 4.69) is 4.98 Å². The van der Waals surface area contributed by atoms with Crippen molar-refractivity contribution in [3.8, 4) is 0 Å². The van der Waals surface area contributed by atoms with Gasteiger partial charge in [-0.05, 0) is 39.2 Å². The first kappa shape index (κ1) is 13.5. The molecule has 1 aromatic heterocycles. The van der Waals surface area contributed by atoms with E-state index in [0.29, 0.717) is 13.0 Å². The summed E-state index contributed by atoms with van der Waals surface area (Å²) in [5, 5.41) is 10.2. The summed E-state index contributed by atoms with van der Waals surface area (Å²) < 4.78 is 0. The van der Waals surface area contributed by atoms with Crippen LogP contribution in [0.25, 0.3) is 0 Å². The average Bonchev–Trinajstić information content (AvgIpc) is 2.71. The van der Waals surface area contributed by atoms with Gasteiger partial charge in [0.1, 0.15) is 11.0 Å². The Morgan fingerprint density at radius 2 is 2.22 bits per heavy atom. The van der Waals surface area contributed by atoms with Crippen LogP contribution in [-0.2, 0) is 24.2 Å². The van der Waals surface area contributed by atoms with Crippen LogP contribution in [0, 0.1) is 0 Å². The first-order chi connectivity index (χ1) is 8.61. The zero-order valence-electron chi connectivity index (χ0n) is 11.0. The molecule has 4 nitrogen and oxygen atoms in total. The van der Waals surface area contributed by atoms with E-state index in [0.717, 1.165) is 17.8 Å². The summed E-state index contributed by atoms with van der Waals surface area (Å²) in [4.78, 5) is 19.0. The molecule has 1 aliphatic carbocycles. The second-order valence-electron chi connectivity index (χ2n) is 4.86. The highest BCUT2D eigenvalue weighted by Crippen LogP contribution is 2.27. The Bertz CT molecular complexity index is 407. The van der Waals surface area contributed by atoms with Crippen LogP contribution in [0.5, 0.6) is 0 Å². The number of rotatable bonds is 5. The molecule has 1 aromatic rings. The minimum absolute atomic E-state index is 0.411. The number of aryl methyl sites for hydroxylation is 2. The molecule has 0 bridgehead atoms. The van der Waals surface area contributed by atoms with Gasteiger partial charge in [-0.1, -0.05) is 6.92 Å². The maximum absolute atomic E-state index is 11.1. The molecular weight excluding hydrogens is 248 g/mol. The molecule has 0 aromatic carbocycles. The molecular formula is C13H20N2O2S. The molecule has 0 saturated carbocycles. The van der Waals surface area contributed by atoms with Gasteiger partial charge in [-0.3, -0.25) is 9.69 Å². The molecule has 1 atom stereocenters. The highest BCUT2D eigenvalue weighted by atomic mass is 32.1. The topological polar surface area (TPSA) is 53.4 Å². The summed E-state index contributed by atoms with van der Waals surface area (Å²) in [6.07, 6.45) is 5.35. The van der Waals surface area contributed by atoms with Crippen molar-refractivity contribution in [2.75, 3.05) is 7.05 Å². The van der Waals surface area contributed by atoms with E-state index < -0.39 is 12.0 Å². The smallest absolute Gasteiger partial charge is 0.320 e.